The lowest BCUT2D eigenvalue weighted by molar-refractivity contribution is -0.0107. The number of nitrogens with one attached hydrogen (secondary N) is 1. The van der Waals surface area contributed by atoms with Crippen molar-refractivity contribution in [3.05, 3.63) is 45.1 Å². The number of pyridine rings is 1. The average Bonchev–Trinajstić information content (AvgIpc) is 3.58. The van der Waals surface area contributed by atoms with Crippen LogP contribution in [0.2, 0.25) is 0 Å². The fourth-order valence-electron chi connectivity index (χ4n) is 6.81. The van der Waals surface area contributed by atoms with Gasteiger partial charge in [-0.05, 0) is 44.1 Å². The molecule has 2 atom stereocenters. The molecular formula is C29H37N5O7. The van der Waals surface area contributed by atoms with Crippen LogP contribution in [0.3, 0.4) is 0 Å². The molecule has 4 fully saturated rings. The van der Waals surface area contributed by atoms with E-state index in [0.717, 1.165) is 44.6 Å². The molecule has 5 aliphatic rings. The Morgan fingerprint density at radius 2 is 1.88 bits per heavy atom. The summed E-state index contributed by atoms with van der Waals surface area (Å²) in [5.41, 5.74) is 1.30. The van der Waals surface area contributed by atoms with Crippen molar-refractivity contribution in [3.63, 3.8) is 0 Å². The van der Waals surface area contributed by atoms with Gasteiger partial charge in [0.15, 0.2) is 5.76 Å². The molecule has 0 spiro atoms. The maximum absolute atomic E-state index is 13.8. The summed E-state index contributed by atoms with van der Waals surface area (Å²) in [5, 5.41) is 2.37. The Hall–Kier alpha value is -3.38. The number of carbonyl (C=O) groups is 2. The van der Waals surface area contributed by atoms with E-state index in [1.54, 1.807) is 18.1 Å². The molecule has 0 unspecified atom stereocenters. The molecule has 12 nitrogen and oxygen atoms in total. The van der Waals surface area contributed by atoms with E-state index in [4.69, 9.17) is 23.7 Å². The zero-order valence-electron chi connectivity index (χ0n) is 23.4. The number of rotatable bonds is 6. The van der Waals surface area contributed by atoms with E-state index in [0.29, 0.717) is 80.4 Å². The van der Waals surface area contributed by atoms with Crippen LogP contribution in [0.25, 0.3) is 0 Å². The van der Waals surface area contributed by atoms with Gasteiger partial charge in [-0.25, -0.2) is 9.78 Å². The quantitative estimate of drug-likeness (QED) is 0.561. The molecule has 2 aromatic rings. The molecule has 3 saturated heterocycles. The summed E-state index contributed by atoms with van der Waals surface area (Å²) in [6.07, 6.45) is 4.59. The van der Waals surface area contributed by atoms with Crippen molar-refractivity contribution in [2.75, 3.05) is 59.7 Å². The predicted octanol–water partition coefficient (Wildman–Crippen LogP) is 2.00. The lowest BCUT2D eigenvalue weighted by atomic mass is 9.95. The second-order valence-corrected chi connectivity index (χ2v) is 12.2. The first-order valence-electron chi connectivity index (χ1n) is 14.7. The highest BCUT2D eigenvalue weighted by Crippen LogP contribution is 2.42. The largest absolute Gasteiger partial charge is 0.477 e. The number of urea groups is 1. The normalized spacial score (nSPS) is 26.3. The SMILES string of the molecule is CO[C@@]12CN(C(=O)c3cc(OCC4CCOCC4)nc(C4CC4)c3)C[C@H]1CN(C(=O)N1CCc3c(o[nH]c3=O)C1)C2. The number of nitrogens with zero attached hydrogens (tertiary/aromatic N) is 4. The van der Waals surface area contributed by atoms with E-state index in [-0.39, 0.29) is 30.0 Å². The Morgan fingerprint density at radius 1 is 1.10 bits per heavy atom. The van der Waals surface area contributed by atoms with Crippen LogP contribution in [-0.4, -0.2) is 102 Å². The Bertz CT molecular complexity index is 1380. The van der Waals surface area contributed by atoms with Gasteiger partial charge < -0.3 is 33.4 Å². The van der Waals surface area contributed by atoms with Gasteiger partial charge in [0.2, 0.25) is 5.88 Å². The number of ether oxygens (including phenoxy) is 3. The molecule has 2 aromatic heterocycles. The van der Waals surface area contributed by atoms with Gasteiger partial charge in [-0.15, -0.1) is 0 Å². The molecule has 1 aliphatic carbocycles. The minimum atomic E-state index is -0.623. The molecule has 41 heavy (non-hydrogen) atoms. The highest BCUT2D eigenvalue weighted by molar-refractivity contribution is 5.95. The Balaban J connectivity index is 1.02. The van der Waals surface area contributed by atoms with Gasteiger partial charge in [0, 0.05) is 69.1 Å². The minimum Gasteiger partial charge on any atom is -0.477 e. The molecule has 3 amide bonds. The van der Waals surface area contributed by atoms with Crippen LogP contribution >= 0.6 is 0 Å². The summed E-state index contributed by atoms with van der Waals surface area (Å²) in [7, 11) is 1.66. The highest BCUT2D eigenvalue weighted by atomic mass is 16.5. The third-order valence-corrected chi connectivity index (χ3v) is 9.49. The van der Waals surface area contributed by atoms with Crippen LogP contribution in [0.1, 0.15) is 59.0 Å². The number of hydrogen-bond acceptors (Lipinski definition) is 8. The number of aromatic amines is 1. The zero-order valence-corrected chi connectivity index (χ0v) is 23.4. The van der Waals surface area contributed by atoms with Crippen LogP contribution in [-0.2, 0) is 22.4 Å². The zero-order chi connectivity index (χ0) is 28.1. The van der Waals surface area contributed by atoms with Crippen molar-refractivity contribution in [1.82, 2.24) is 24.8 Å². The summed E-state index contributed by atoms with van der Waals surface area (Å²) in [6, 6.07) is 3.60. The standard InChI is InChI=1S/C29H37N5O7/c1-38-29-16-33(12-21(29)13-34(17-29)28(37)32-7-4-22-24(14-32)41-31-26(22)35)27(36)20-10-23(19-2-3-19)30-25(11-20)40-15-18-5-8-39-9-6-18/h10-11,18-19,21H,2-9,12-17H2,1H3,(H,31,35)/t21-,29+/m0/s1. The maximum Gasteiger partial charge on any atom is 0.320 e. The summed E-state index contributed by atoms with van der Waals surface area (Å²) >= 11 is 0. The van der Waals surface area contributed by atoms with E-state index in [1.165, 1.54) is 0 Å². The van der Waals surface area contributed by atoms with Crippen molar-refractivity contribution in [2.45, 2.75) is 50.2 Å². The number of methoxy groups -OCH3 is 1. The first-order valence-corrected chi connectivity index (χ1v) is 14.7. The van der Waals surface area contributed by atoms with Gasteiger partial charge >= 0.3 is 6.03 Å². The van der Waals surface area contributed by atoms with Crippen molar-refractivity contribution in [2.24, 2.45) is 11.8 Å². The number of aromatic nitrogens is 2. The van der Waals surface area contributed by atoms with Gasteiger partial charge in [0.25, 0.3) is 11.5 Å². The van der Waals surface area contributed by atoms with Crippen molar-refractivity contribution in [3.8, 4) is 5.88 Å². The summed E-state index contributed by atoms with van der Waals surface area (Å²) < 4.78 is 22.9. The second-order valence-electron chi connectivity index (χ2n) is 12.2. The molecule has 0 bridgehead atoms. The highest BCUT2D eigenvalue weighted by Gasteiger charge is 2.56. The van der Waals surface area contributed by atoms with Crippen LogP contribution in [0, 0.1) is 11.8 Å². The monoisotopic (exact) mass is 567 g/mol. The summed E-state index contributed by atoms with van der Waals surface area (Å²) in [5.74, 6) is 1.81. The topological polar surface area (TPSA) is 130 Å². The molecule has 6 heterocycles. The molecule has 4 aliphatic heterocycles. The Kier molecular flexibility index (Phi) is 6.77. The van der Waals surface area contributed by atoms with Crippen LogP contribution < -0.4 is 10.3 Å². The van der Waals surface area contributed by atoms with Gasteiger partial charge in [-0.3, -0.25) is 9.59 Å². The van der Waals surface area contributed by atoms with Crippen LogP contribution in [0.5, 0.6) is 5.88 Å². The van der Waals surface area contributed by atoms with Crippen LogP contribution in [0.15, 0.2) is 21.5 Å². The average molecular weight is 568 g/mol. The Morgan fingerprint density at radius 3 is 2.63 bits per heavy atom. The number of hydrogen-bond donors (Lipinski definition) is 1. The molecule has 12 heteroatoms. The smallest absolute Gasteiger partial charge is 0.320 e. The Labute approximate surface area is 237 Å². The van der Waals surface area contributed by atoms with E-state index >= 15 is 0 Å². The molecule has 1 saturated carbocycles. The van der Waals surface area contributed by atoms with Crippen molar-refractivity contribution >= 4 is 11.9 Å². The maximum atomic E-state index is 13.8. The summed E-state index contributed by atoms with van der Waals surface area (Å²) in [6.45, 7) is 4.65. The first-order chi connectivity index (χ1) is 19.9. The molecule has 7 rings (SSSR count). The van der Waals surface area contributed by atoms with Gasteiger partial charge in [0.1, 0.15) is 5.60 Å². The first kappa shape index (κ1) is 26.5. The minimum absolute atomic E-state index is 0.0000716. The van der Waals surface area contributed by atoms with Crippen molar-refractivity contribution < 1.29 is 28.3 Å². The van der Waals surface area contributed by atoms with E-state index in [2.05, 4.69) is 5.16 Å². The fourth-order valence-corrected chi connectivity index (χ4v) is 6.81. The molecule has 1 N–H and O–H groups in total. The lowest BCUT2D eigenvalue weighted by Gasteiger charge is -2.32. The number of amides is 3. The van der Waals surface area contributed by atoms with Gasteiger partial charge in [-0.2, -0.15) is 5.16 Å². The molecule has 0 aromatic carbocycles. The second kappa shape index (κ2) is 10.5. The number of H-pyrrole nitrogens is 1. The molecule has 220 valence electrons. The van der Waals surface area contributed by atoms with Crippen LogP contribution in [0.4, 0.5) is 4.79 Å². The van der Waals surface area contributed by atoms with E-state index in [9.17, 15) is 14.4 Å². The number of fused-ring (bicyclic) bond motifs is 2. The molecular weight excluding hydrogens is 530 g/mol. The molecule has 0 radical (unpaired) electrons. The van der Waals surface area contributed by atoms with E-state index < -0.39 is 5.60 Å². The third-order valence-electron chi connectivity index (χ3n) is 9.49. The third kappa shape index (κ3) is 5.01. The van der Waals surface area contributed by atoms with Gasteiger partial charge in [-0.1, -0.05) is 0 Å². The van der Waals surface area contributed by atoms with Gasteiger partial charge in [0.05, 0.1) is 31.8 Å². The predicted molar refractivity (Wildman–Crippen MR) is 145 cm³/mol. The summed E-state index contributed by atoms with van der Waals surface area (Å²) in [4.78, 5) is 49.2. The van der Waals surface area contributed by atoms with E-state index in [1.807, 2.05) is 15.9 Å². The fraction of sp³-hybridized carbons (Fsp3) is 0.655. The van der Waals surface area contributed by atoms with Crippen molar-refractivity contribution in [1.29, 1.82) is 0 Å². The number of likely N-dealkylation sites (tertiary alicyclic amines) is 2. The lowest BCUT2D eigenvalue weighted by Crippen LogP contribution is -2.48. The number of carbonyl (C=O) groups excluding carboxylic acids is 2.